The van der Waals surface area contributed by atoms with Crippen molar-refractivity contribution in [1.29, 1.82) is 0 Å². The summed E-state index contributed by atoms with van der Waals surface area (Å²) in [6.45, 7) is 1.92. The van der Waals surface area contributed by atoms with Crippen LogP contribution < -0.4 is 5.32 Å². The van der Waals surface area contributed by atoms with E-state index in [1.165, 1.54) is 0 Å². The van der Waals surface area contributed by atoms with E-state index in [1.54, 1.807) is 6.07 Å². The lowest BCUT2D eigenvalue weighted by molar-refractivity contribution is -0.126. The molecule has 0 heterocycles. The summed E-state index contributed by atoms with van der Waals surface area (Å²) in [5, 5.41) is 13.8. The second-order valence-electron chi connectivity index (χ2n) is 5.45. The number of carbonyl (C=O) groups is 1. The molecule has 1 aliphatic rings. The molecule has 0 radical (unpaired) electrons. The molecule has 0 saturated heterocycles. The molecule has 1 aromatic carbocycles. The second-order valence-corrected chi connectivity index (χ2v) is 5.89. The Morgan fingerprint density at radius 3 is 2.79 bits per heavy atom. The Morgan fingerprint density at radius 1 is 1.47 bits per heavy atom. The van der Waals surface area contributed by atoms with Crippen molar-refractivity contribution in [3.05, 3.63) is 34.9 Å². The summed E-state index contributed by atoms with van der Waals surface area (Å²) in [6, 6.07) is 7.35. The number of nitrogens with one attached hydrogen (secondary N) is 1. The van der Waals surface area contributed by atoms with Crippen molar-refractivity contribution in [2.45, 2.75) is 50.7 Å². The first-order valence-corrected chi connectivity index (χ1v) is 7.13. The lowest BCUT2D eigenvalue weighted by atomic mass is 9.97. The van der Waals surface area contributed by atoms with Crippen molar-refractivity contribution in [2.24, 2.45) is 0 Å². The van der Waals surface area contributed by atoms with E-state index in [1.807, 2.05) is 25.1 Å². The summed E-state index contributed by atoms with van der Waals surface area (Å²) in [6.07, 6.45) is 3.66. The van der Waals surface area contributed by atoms with Gasteiger partial charge >= 0.3 is 0 Å². The van der Waals surface area contributed by atoms with Gasteiger partial charge in [-0.3, -0.25) is 4.79 Å². The lowest BCUT2D eigenvalue weighted by Crippen LogP contribution is -2.35. The van der Waals surface area contributed by atoms with Gasteiger partial charge in [-0.25, -0.2) is 0 Å². The van der Waals surface area contributed by atoms with Crippen LogP contribution in [0.15, 0.2) is 24.3 Å². The van der Waals surface area contributed by atoms with Crippen LogP contribution in [-0.4, -0.2) is 16.6 Å². The van der Waals surface area contributed by atoms with Crippen LogP contribution in [0.4, 0.5) is 0 Å². The van der Waals surface area contributed by atoms with Crippen LogP contribution in [0.5, 0.6) is 0 Å². The first kappa shape index (κ1) is 14.4. The second kappa shape index (κ2) is 5.93. The maximum atomic E-state index is 12.0. The number of halogens is 1. The van der Waals surface area contributed by atoms with E-state index in [9.17, 15) is 9.90 Å². The Kier molecular flexibility index (Phi) is 4.48. The average molecular weight is 282 g/mol. The molecule has 0 aliphatic heterocycles. The molecule has 1 amide bonds. The minimum Gasteiger partial charge on any atom is -0.389 e. The van der Waals surface area contributed by atoms with Gasteiger partial charge in [0.15, 0.2) is 0 Å². The van der Waals surface area contributed by atoms with Crippen LogP contribution in [0, 0.1) is 0 Å². The fourth-order valence-electron chi connectivity index (χ4n) is 2.66. The zero-order valence-electron chi connectivity index (χ0n) is 11.2. The summed E-state index contributed by atoms with van der Waals surface area (Å²) in [5.74, 6) is -0.100. The molecule has 1 fully saturated rings. The zero-order valence-corrected chi connectivity index (χ0v) is 11.9. The van der Waals surface area contributed by atoms with Gasteiger partial charge in [0.2, 0.25) is 5.91 Å². The molecule has 104 valence electrons. The predicted octanol–water partition coefficient (Wildman–Crippen LogP) is 3.21. The third-order valence-corrected chi connectivity index (χ3v) is 3.99. The van der Waals surface area contributed by atoms with E-state index >= 15 is 0 Å². The van der Waals surface area contributed by atoms with Crippen molar-refractivity contribution < 1.29 is 9.90 Å². The van der Waals surface area contributed by atoms with Gasteiger partial charge in [0.05, 0.1) is 18.1 Å². The lowest BCUT2D eigenvalue weighted by Gasteiger charge is -2.23. The summed E-state index contributed by atoms with van der Waals surface area (Å²) < 4.78 is 0. The number of hydrogen-bond donors (Lipinski definition) is 2. The van der Waals surface area contributed by atoms with Gasteiger partial charge in [-0.15, -0.1) is 0 Å². The SMILES string of the molecule is CC(NC(=O)CC1(O)CCCC1)c1cccc(Cl)c1. The van der Waals surface area contributed by atoms with Crippen LogP contribution in [0.2, 0.25) is 5.02 Å². The van der Waals surface area contributed by atoms with Gasteiger partial charge in [0.25, 0.3) is 0 Å². The highest BCUT2D eigenvalue weighted by Crippen LogP contribution is 2.32. The van der Waals surface area contributed by atoms with Crippen LogP contribution in [-0.2, 0) is 4.79 Å². The number of hydrogen-bond acceptors (Lipinski definition) is 2. The molecule has 1 aromatic rings. The third kappa shape index (κ3) is 3.95. The third-order valence-electron chi connectivity index (χ3n) is 3.75. The summed E-state index contributed by atoms with van der Waals surface area (Å²) in [4.78, 5) is 12.0. The molecule has 1 saturated carbocycles. The number of amides is 1. The maximum absolute atomic E-state index is 12.0. The molecule has 2 N–H and O–H groups in total. The van der Waals surface area contributed by atoms with Gasteiger partial charge in [0.1, 0.15) is 0 Å². The Hall–Kier alpha value is -1.06. The molecule has 0 aromatic heterocycles. The predicted molar refractivity (Wildman–Crippen MR) is 76.0 cm³/mol. The molecule has 1 aliphatic carbocycles. The molecule has 0 bridgehead atoms. The van der Waals surface area contributed by atoms with Gasteiger partial charge in [-0.2, -0.15) is 0 Å². The van der Waals surface area contributed by atoms with E-state index in [2.05, 4.69) is 5.32 Å². The molecular formula is C15H20ClNO2. The van der Waals surface area contributed by atoms with Crippen LogP contribution in [0.1, 0.15) is 50.6 Å². The summed E-state index contributed by atoms with van der Waals surface area (Å²) >= 11 is 5.93. The standard InChI is InChI=1S/C15H20ClNO2/c1-11(12-5-4-6-13(16)9-12)17-14(18)10-15(19)7-2-3-8-15/h4-6,9,11,19H,2-3,7-8,10H2,1H3,(H,17,18). The number of rotatable bonds is 4. The van der Waals surface area contributed by atoms with Crippen LogP contribution in [0.25, 0.3) is 0 Å². The normalized spacial score (nSPS) is 19.1. The first-order chi connectivity index (χ1) is 8.98. The Bertz CT molecular complexity index is 455. The Morgan fingerprint density at radius 2 is 2.16 bits per heavy atom. The van der Waals surface area contributed by atoms with Gasteiger partial charge in [-0.1, -0.05) is 36.6 Å². The van der Waals surface area contributed by atoms with Crippen molar-refractivity contribution in [3.63, 3.8) is 0 Å². The number of carbonyl (C=O) groups excluding carboxylic acids is 1. The molecule has 19 heavy (non-hydrogen) atoms. The van der Waals surface area contributed by atoms with E-state index < -0.39 is 5.60 Å². The molecule has 4 heteroatoms. The largest absolute Gasteiger partial charge is 0.389 e. The fraction of sp³-hybridized carbons (Fsp3) is 0.533. The van der Waals surface area contributed by atoms with Crippen molar-refractivity contribution in [3.8, 4) is 0 Å². The maximum Gasteiger partial charge on any atom is 0.223 e. The molecule has 3 nitrogen and oxygen atoms in total. The van der Waals surface area contributed by atoms with Gasteiger partial charge < -0.3 is 10.4 Å². The minimum atomic E-state index is -0.794. The number of aliphatic hydroxyl groups is 1. The smallest absolute Gasteiger partial charge is 0.223 e. The van der Waals surface area contributed by atoms with Crippen LogP contribution in [0.3, 0.4) is 0 Å². The highest BCUT2D eigenvalue weighted by atomic mass is 35.5. The van der Waals surface area contributed by atoms with E-state index in [4.69, 9.17) is 11.6 Å². The highest BCUT2D eigenvalue weighted by molar-refractivity contribution is 6.30. The van der Waals surface area contributed by atoms with E-state index in [-0.39, 0.29) is 18.4 Å². The first-order valence-electron chi connectivity index (χ1n) is 6.76. The molecule has 1 unspecified atom stereocenters. The Labute approximate surface area is 119 Å². The monoisotopic (exact) mass is 281 g/mol. The van der Waals surface area contributed by atoms with E-state index in [0.717, 1.165) is 31.2 Å². The van der Waals surface area contributed by atoms with Crippen molar-refractivity contribution in [2.75, 3.05) is 0 Å². The van der Waals surface area contributed by atoms with Gasteiger partial charge in [-0.05, 0) is 37.5 Å². The quantitative estimate of drug-likeness (QED) is 0.890. The summed E-state index contributed by atoms with van der Waals surface area (Å²) in [7, 11) is 0. The van der Waals surface area contributed by atoms with Crippen molar-refractivity contribution >= 4 is 17.5 Å². The van der Waals surface area contributed by atoms with E-state index in [0.29, 0.717) is 5.02 Å². The minimum absolute atomic E-state index is 0.100. The molecule has 1 atom stereocenters. The zero-order chi connectivity index (χ0) is 13.9. The summed E-state index contributed by atoms with van der Waals surface area (Å²) in [5.41, 5.74) is 0.178. The highest BCUT2D eigenvalue weighted by Gasteiger charge is 2.33. The Balaban J connectivity index is 1.91. The van der Waals surface area contributed by atoms with Crippen LogP contribution >= 0.6 is 11.6 Å². The topological polar surface area (TPSA) is 49.3 Å². The average Bonchev–Trinajstić information content (AvgIpc) is 2.75. The fourth-order valence-corrected chi connectivity index (χ4v) is 2.86. The molecule has 2 rings (SSSR count). The molecular weight excluding hydrogens is 262 g/mol. The van der Waals surface area contributed by atoms with Crippen molar-refractivity contribution in [1.82, 2.24) is 5.32 Å². The number of benzene rings is 1. The molecule has 0 spiro atoms. The van der Waals surface area contributed by atoms with Gasteiger partial charge in [0, 0.05) is 5.02 Å².